The van der Waals surface area contributed by atoms with Gasteiger partial charge in [-0.15, -0.1) is 24.8 Å². The first-order valence-corrected chi connectivity index (χ1v) is 9.26. The highest BCUT2D eigenvalue weighted by atomic mass is 35.5. The topological polar surface area (TPSA) is 50.2 Å². The minimum absolute atomic E-state index is 0. The molecule has 2 fully saturated rings. The van der Waals surface area contributed by atoms with Crippen molar-refractivity contribution in [2.24, 2.45) is 11.8 Å². The highest BCUT2D eigenvalue weighted by Gasteiger charge is 2.29. The highest BCUT2D eigenvalue weighted by Crippen LogP contribution is 2.30. The van der Waals surface area contributed by atoms with Gasteiger partial charge >= 0.3 is 0 Å². The Labute approximate surface area is 163 Å². The van der Waals surface area contributed by atoms with Gasteiger partial charge in [-0.1, -0.05) is 6.92 Å². The predicted molar refractivity (Wildman–Crippen MR) is 106 cm³/mol. The summed E-state index contributed by atoms with van der Waals surface area (Å²) in [6.07, 6.45) is 10.4. The van der Waals surface area contributed by atoms with Crippen molar-refractivity contribution in [3.8, 4) is 0 Å². The Bertz CT molecular complexity index is 509. The third-order valence-corrected chi connectivity index (χ3v) is 5.63. The van der Waals surface area contributed by atoms with Crippen LogP contribution in [-0.4, -0.2) is 46.5 Å². The number of rotatable bonds is 5. The molecule has 1 aromatic heterocycles. The summed E-state index contributed by atoms with van der Waals surface area (Å²) >= 11 is 0. The van der Waals surface area contributed by atoms with E-state index < -0.39 is 0 Å². The molecule has 0 bridgehead atoms. The third-order valence-electron chi connectivity index (χ3n) is 5.63. The fourth-order valence-electron chi connectivity index (χ4n) is 4.17. The molecule has 3 rings (SSSR count). The van der Waals surface area contributed by atoms with Gasteiger partial charge in [0.05, 0.1) is 0 Å². The SMILES string of the molecule is CCc1nccn1CCC(=O)N1CCC(C2CCNCC2)CC1.Cl.Cl. The Morgan fingerprint density at radius 1 is 1.16 bits per heavy atom. The molecule has 1 aromatic rings. The van der Waals surface area contributed by atoms with E-state index >= 15 is 0 Å². The van der Waals surface area contributed by atoms with Gasteiger partial charge in [-0.05, 0) is 50.6 Å². The molecule has 3 heterocycles. The van der Waals surface area contributed by atoms with Crippen molar-refractivity contribution in [1.82, 2.24) is 19.8 Å². The Morgan fingerprint density at radius 3 is 2.44 bits per heavy atom. The molecule has 7 heteroatoms. The molecule has 0 radical (unpaired) electrons. The minimum Gasteiger partial charge on any atom is -0.343 e. The van der Waals surface area contributed by atoms with Crippen LogP contribution in [0.4, 0.5) is 0 Å². The maximum absolute atomic E-state index is 12.5. The van der Waals surface area contributed by atoms with Gasteiger partial charge in [0.2, 0.25) is 5.91 Å². The van der Waals surface area contributed by atoms with Crippen LogP contribution in [0.2, 0.25) is 0 Å². The normalized spacial score (nSPS) is 19.2. The first kappa shape index (κ1) is 22.3. The van der Waals surface area contributed by atoms with Crippen LogP contribution in [-0.2, 0) is 17.8 Å². The van der Waals surface area contributed by atoms with Crippen LogP contribution in [0.3, 0.4) is 0 Å². The summed E-state index contributed by atoms with van der Waals surface area (Å²) in [5.41, 5.74) is 0. The van der Waals surface area contributed by atoms with E-state index in [-0.39, 0.29) is 24.8 Å². The largest absolute Gasteiger partial charge is 0.343 e. The van der Waals surface area contributed by atoms with Crippen molar-refractivity contribution in [2.45, 2.75) is 52.0 Å². The number of hydrogen-bond donors (Lipinski definition) is 1. The van der Waals surface area contributed by atoms with E-state index in [1.165, 1.54) is 38.8 Å². The average molecular weight is 391 g/mol. The molecule has 0 aromatic carbocycles. The summed E-state index contributed by atoms with van der Waals surface area (Å²) in [7, 11) is 0. The first-order valence-electron chi connectivity index (χ1n) is 9.26. The number of nitrogens with one attached hydrogen (secondary N) is 1. The Balaban J connectivity index is 0.00000156. The molecule has 1 amide bonds. The van der Waals surface area contributed by atoms with Gasteiger partial charge in [-0.3, -0.25) is 4.79 Å². The van der Waals surface area contributed by atoms with Crippen molar-refractivity contribution in [1.29, 1.82) is 0 Å². The van der Waals surface area contributed by atoms with Crippen LogP contribution in [0.15, 0.2) is 12.4 Å². The van der Waals surface area contributed by atoms with Crippen molar-refractivity contribution in [3.63, 3.8) is 0 Å². The fourth-order valence-corrected chi connectivity index (χ4v) is 4.17. The molecular formula is C18H32Cl2N4O. The van der Waals surface area contributed by atoms with Crippen LogP contribution in [0, 0.1) is 11.8 Å². The van der Waals surface area contributed by atoms with Gasteiger partial charge < -0.3 is 14.8 Å². The van der Waals surface area contributed by atoms with Gasteiger partial charge in [-0.2, -0.15) is 0 Å². The molecule has 0 saturated carbocycles. The van der Waals surface area contributed by atoms with Crippen LogP contribution in [0.25, 0.3) is 0 Å². The van der Waals surface area contributed by atoms with Gasteiger partial charge in [0, 0.05) is 44.9 Å². The lowest BCUT2D eigenvalue weighted by Crippen LogP contribution is -2.42. The molecular weight excluding hydrogens is 359 g/mol. The lowest BCUT2D eigenvalue weighted by molar-refractivity contribution is -0.133. The monoisotopic (exact) mass is 390 g/mol. The van der Waals surface area contributed by atoms with Gasteiger partial charge in [0.25, 0.3) is 0 Å². The highest BCUT2D eigenvalue weighted by molar-refractivity contribution is 5.85. The zero-order valence-electron chi connectivity index (χ0n) is 15.2. The number of amides is 1. The minimum atomic E-state index is 0. The number of hydrogen-bond acceptors (Lipinski definition) is 3. The van der Waals surface area contributed by atoms with E-state index in [4.69, 9.17) is 0 Å². The van der Waals surface area contributed by atoms with E-state index in [0.717, 1.165) is 43.7 Å². The lowest BCUT2D eigenvalue weighted by Gasteiger charge is -2.37. The molecule has 144 valence electrons. The quantitative estimate of drug-likeness (QED) is 0.840. The summed E-state index contributed by atoms with van der Waals surface area (Å²) in [6, 6.07) is 0. The zero-order valence-corrected chi connectivity index (χ0v) is 16.8. The fraction of sp³-hybridized carbons (Fsp3) is 0.778. The van der Waals surface area contributed by atoms with Crippen molar-refractivity contribution in [3.05, 3.63) is 18.2 Å². The van der Waals surface area contributed by atoms with Crippen molar-refractivity contribution >= 4 is 30.7 Å². The molecule has 0 atom stereocenters. The Kier molecular flexibility index (Phi) is 9.83. The second-order valence-electron chi connectivity index (χ2n) is 6.95. The maximum atomic E-state index is 12.5. The van der Waals surface area contributed by atoms with Crippen LogP contribution >= 0.6 is 24.8 Å². The number of aromatic nitrogens is 2. The molecule has 2 aliphatic heterocycles. The molecule has 0 spiro atoms. The molecule has 25 heavy (non-hydrogen) atoms. The number of halogens is 2. The number of carbonyl (C=O) groups is 1. The van der Waals surface area contributed by atoms with Crippen LogP contribution in [0.5, 0.6) is 0 Å². The first-order chi connectivity index (χ1) is 11.3. The second-order valence-corrected chi connectivity index (χ2v) is 6.95. The number of nitrogens with zero attached hydrogens (tertiary/aromatic N) is 3. The third kappa shape index (κ3) is 5.87. The van der Waals surface area contributed by atoms with Gasteiger partial charge in [0.15, 0.2) is 0 Å². The van der Waals surface area contributed by atoms with E-state index in [9.17, 15) is 4.79 Å². The maximum Gasteiger partial charge on any atom is 0.224 e. The number of likely N-dealkylation sites (tertiary alicyclic amines) is 1. The van der Waals surface area contributed by atoms with E-state index in [0.29, 0.717) is 12.3 Å². The molecule has 0 unspecified atom stereocenters. The van der Waals surface area contributed by atoms with Crippen LogP contribution in [0.1, 0.15) is 44.9 Å². The van der Waals surface area contributed by atoms with Gasteiger partial charge in [-0.25, -0.2) is 4.98 Å². The predicted octanol–water partition coefficient (Wildman–Crippen LogP) is 2.92. The summed E-state index contributed by atoms with van der Waals surface area (Å²) in [5, 5.41) is 3.45. The van der Waals surface area contributed by atoms with E-state index in [1.54, 1.807) is 0 Å². The van der Waals surface area contributed by atoms with Gasteiger partial charge in [0.1, 0.15) is 5.82 Å². The second kappa shape index (κ2) is 11.0. The molecule has 1 N–H and O–H groups in total. The molecule has 0 aliphatic carbocycles. The number of imidazole rings is 1. The number of carbonyl (C=O) groups excluding carboxylic acids is 1. The molecule has 2 aliphatic rings. The van der Waals surface area contributed by atoms with Crippen molar-refractivity contribution < 1.29 is 4.79 Å². The standard InChI is InChI=1S/C18H30N4O.2ClH/c1-2-17-20-10-14-21(17)13-7-18(23)22-11-5-16(6-12-22)15-3-8-19-9-4-15;;/h10,14-16,19H,2-9,11-13H2,1H3;2*1H. The summed E-state index contributed by atoms with van der Waals surface area (Å²) in [6.45, 7) is 7.13. The Hall–Kier alpha value is -0.780. The molecule has 2 saturated heterocycles. The van der Waals surface area contributed by atoms with E-state index in [2.05, 4.69) is 26.7 Å². The number of piperidine rings is 2. The summed E-state index contributed by atoms with van der Waals surface area (Å²) in [5.74, 6) is 3.10. The van der Waals surface area contributed by atoms with E-state index in [1.807, 2.05) is 12.4 Å². The number of aryl methyl sites for hydroxylation is 2. The zero-order chi connectivity index (χ0) is 16.1. The Morgan fingerprint density at radius 2 is 1.80 bits per heavy atom. The summed E-state index contributed by atoms with van der Waals surface area (Å²) < 4.78 is 2.11. The molecule has 5 nitrogen and oxygen atoms in total. The smallest absolute Gasteiger partial charge is 0.224 e. The van der Waals surface area contributed by atoms with Crippen molar-refractivity contribution in [2.75, 3.05) is 26.2 Å². The van der Waals surface area contributed by atoms with Crippen LogP contribution < -0.4 is 5.32 Å². The average Bonchev–Trinajstić information content (AvgIpc) is 3.08. The lowest BCUT2D eigenvalue weighted by atomic mass is 9.79. The summed E-state index contributed by atoms with van der Waals surface area (Å²) in [4.78, 5) is 18.9.